The van der Waals surface area contributed by atoms with Crippen molar-refractivity contribution in [1.29, 1.82) is 0 Å². The van der Waals surface area contributed by atoms with Gasteiger partial charge in [0.25, 0.3) is 5.91 Å². The second-order valence-corrected chi connectivity index (χ2v) is 5.87. The van der Waals surface area contributed by atoms with Gasteiger partial charge >= 0.3 is 5.63 Å². The molecule has 8 heteroatoms. The predicted molar refractivity (Wildman–Crippen MR) is 100 cm³/mol. The van der Waals surface area contributed by atoms with Gasteiger partial charge < -0.3 is 15.1 Å². The molecular weight excluding hydrogens is 370 g/mol. The Balaban J connectivity index is 1.97. The molecule has 2 amide bonds. The number of aryl methyl sites for hydroxylation is 1. The fourth-order valence-electron chi connectivity index (χ4n) is 2.67. The summed E-state index contributed by atoms with van der Waals surface area (Å²) in [6.07, 6.45) is 0.969. The normalized spacial score (nSPS) is 10.5. The van der Waals surface area contributed by atoms with E-state index in [1.54, 1.807) is 0 Å². The van der Waals surface area contributed by atoms with Crippen LogP contribution in [-0.4, -0.2) is 11.8 Å². The summed E-state index contributed by atoms with van der Waals surface area (Å²) in [6, 6.07) is 7.16. The SMILES string of the molecule is C=CC(=O)Nc1cc(NC(=O)c2c(C)c3ccc(F)cc3oc2=O)ccc1F. The van der Waals surface area contributed by atoms with Crippen molar-refractivity contribution in [1.82, 2.24) is 0 Å². The van der Waals surface area contributed by atoms with E-state index >= 15 is 0 Å². The van der Waals surface area contributed by atoms with Gasteiger partial charge in [-0.1, -0.05) is 6.58 Å². The third kappa shape index (κ3) is 3.66. The lowest BCUT2D eigenvalue weighted by Gasteiger charge is -2.10. The number of carbonyl (C=O) groups is 2. The number of fused-ring (bicyclic) bond motifs is 1. The van der Waals surface area contributed by atoms with Crippen LogP contribution in [0.25, 0.3) is 11.0 Å². The van der Waals surface area contributed by atoms with E-state index in [0.29, 0.717) is 10.9 Å². The van der Waals surface area contributed by atoms with E-state index < -0.39 is 29.1 Å². The first kappa shape index (κ1) is 19.0. The first-order chi connectivity index (χ1) is 13.3. The van der Waals surface area contributed by atoms with Crippen LogP contribution in [0.1, 0.15) is 15.9 Å². The molecule has 0 fully saturated rings. The molecule has 0 aliphatic rings. The topological polar surface area (TPSA) is 88.4 Å². The Kier molecular flexibility index (Phi) is 5.04. The lowest BCUT2D eigenvalue weighted by Crippen LogP contribution is -2.23. The third-order valence-corrected chi connectivity index (χ3v) is 4.02. The average Bonchev–Trinajstić information content (AvgIpc) is 2.63. The molecule has 0 aliphatic heterocycles. The lowest BCUT2D eigenvalue weighted by atomic mass is 10.1. The zero-order chi connectivity index (χ0) is 20.4. The fourth-order valence-corrected chi connectivity index (χ4v) is 2.67. The summed E-state index contributed by atoms with van der Waals surface area (Å²) in [5.41, 5.74) is -0.888. The lowest BCUT2D eigenvalue weighted by molar-refractivity contribution is -0.111. The Labute approximate surface area is 157 Å². The number of amides is 2. The molecule has 142 valence electrons. The molecule has 0 saturated heterocycles. The molecule has 0 aliphatic carbocycles. The zero-order valence-corrected chi connectivity index (χ0v) is 14.6. The van der Waals surface area contributed by atoms with Crippen LogP contribution < -0.4 is 16.3 Å². The van der Waals surface area contributed by atoms with Crippen LogP contribution in [0.15, 0.2) is 58.3 Å². The number of hydrogen-bond acceptors (Lipinski definition) is 4. The maximum atomic E-state index is 13.8. The molecule has 0 saturated carbocycles. The number of nitrogens with one attached hydrogen (secondary N) is 2. The van der Waals surface area contributed by atoms with Crippen molar-refractivity contribution in [3.05, 3.63) is 82.2 Å². The van der Waals surface area contributed by atoms with Crippen molar-refractivity contribution in [3.8, 4) is 0 Å². The molecule has 1 aromatic heterocycles. The Hall–Kier alpha value is -3.81. The van der Waals surface area contributed by atoms with Crippen LogP contribution in [-0.2, 0) is 4.79 Å². The van der Waals surface area contributed by atoms with Gasteiger partial charge in [-0.05, 0) is 48.9 Å². The number of rotatable bonds is 4. The highest BCUT2D eigenvalue weighted by atomic mass is 19.1. The Bertz CT molecular complexity index is 1180. The summed E-state index contributed by atoms with van der Waals surface area (Å²) in [5.74, 6) is -2.70. The van der Waals surface area contributed by atoms with E-state index in [4.69, 9.17) is 4.42 Å². The van der Waals surface area contributed by atoms with E-state index in [0.717, 1.165) is 18.2 Å². The van der Waals surface area contributed by atoms with E-state index in [1.807, 2.05) is 0 Å². The molecule has 2 aromatic carbocycles. The van der Waals surface area contributed by atoms with E-state index in [1.165, 1.54) is 31.2 Å². The molecule has 28 heavy (non-hydrogen) atoms. The Morgan fingerprint density at radius 2 is 1.86 bits per heavy atom. The van der Waals surface area contributed by atoms with Crippen LogP contribution in [0.5, 0.6) is 0 Å². The monoisotopic (exact) mass is 384 g/mol. The summed E-state index contributed by atoms with van der Waals surface area (Å²) in [5, 5.41) is 5.13. The summed E-state index contributed by atoms with van der Waals surface area (Å²) >= 11 is 0. The van der Waals surface area contributed by atoms with Gasteiger partial charge in [-0.2, -0.15) is 0 Å². The van der Waals surface area contributed by atoms with Gasteiger partial charge in [-0.25, -0.2) is 13.6 Å². The molecule has 3 aromatic rings. The third-order valence-electron chi connectivity index (χ3n) is 4.02. The molecule has 3 rings (SSSR count). The zero-order valence-electron chi connectivity index (χ0n) is 14.6. The first-order valence-electron chi connectivity index (χ1n) is 8.07. The fraction of sp³-hybridized carbons (Fsp3) is 0.0500. The number of hydrogen-bond donors (Lipinski definition) is 2. The van der Waals surface area contributed by atoms with E-state index in [9.17, 15) is 23.2 Å². The number of benzene rings is 2. The van der Waals surface area contributed by atoms with Gasteiger partial charge in [0.2, 0.25) is 5.91 Å². The van der Waals surface area contributed by atoms with Crippen molar-refractivity contribution >= 4 is 34.2 Å². The first-order valence-corrected chi connectivity index (χ1v) is 8.07. The summed E-state index contributed by atoms with van der Waals surface area (Å²) in [7, 11) is 0. The van der Waals surface area contributed by atoms with Gasteiger partial charge in [0.15, 0.2) is 0 Å². The maximum Gasteiger partial charge on any atom is 0.349 e. The average molecular weight is 384 g/mol. The number of carbonyl (C=O) groups excluding carboxylic acids is 2. The summed E-state index contributed by atoms with van der Waals surface area (Å²) in [6.45, 7) is 4.81. The maximum absolute atomic E-state index is 13.8. The van der Waals surface area contributed by atoms with Gasteiger partial charge in [0.1, 0.15) is 22.8 Å². The van der Waals surface area contributed by atoms with Crippen molar-refractivity contribution in [2.75, 3.05) is 10.6 Å². The predicted octanol–water partition coefficient (Wildman–Crippen LogP) is 3.76. The molecule has 1 heterocycles. The molecule has 0 unspecified atom stereocenters. The molecule has 6 nitrogen and oxygen atoms in total. The minimum absolute atomic E-state index is 0.0234. The van der Waals surface area contributed by atoms with Crippen LogP contribution in [0.4, 0.5) is 20.2 Å². The molecular formula is C20H14F2N2O4. The van der Waals surface area contributed by atoms with Crippen molar-refractivity contribution in [3.63, 3.8) is 0 Å². The summed E-state index contributed by atoms with van der Waals surface area (Å²) in [4.78, 5) is 36.2. The smallest absolute Gasteiger partial charge is 0.349 e. The number of halogens is 2. The molecule has 0 spiro atoms. The Morgan fingerprint density at radius 1 is 1.11 bits per heavy atom. The van der Waals surface area contributed by atoms with E-state index in [2.05, 4.69) is 17.2 Å². The quantitative estimate of drug-likeness (QED) is 0.530. The molecule has 0 atom stereocenters. The van der Waals surface area contributed by atoms with Crippen molar-refractivity contribution in [2.24, 2.45) is 0 Å². The van der Waals surface area contributed by atoms with Gasteiger partial charge in [0, 0.05) is 17.1 Å². The van der Waals surface area contributed by atoms with Gasteiger partial charge in [0.05, 0.1) is 5.69 Å². The van der Waals surface area contributed by atoms with Gasteiger partial charge in [-0.15, -0.1) is 0 Å². The standard InChI is InChI=1S/C20H14F2N2O4/c1-3-17(25)24-15-9-12(5-7-14(15)22)23-19(26)18-10(2)13-6-4-11(21)8-16(13)28-20(18)27/h3-9H,1H2,2H3,(H,23,26)(H,24,25). The highest BCUT2D eigenvalue weighted by molar-refractivity contribution is 6.07. The van der Waals surface area contributed by atoms with Crippen LogP contribution >= 0.6 is 0 Å². The van der Waals surface area contributed by atoms with Gasteiger partial charge in [-0.3, -0.25) is 9.59 Å². The van der Waals surface area contributed by atoms with Crippen LogP contribution in [0.3, 0.4) is 0 Å². The molecule has 2 N–H and O–H groups in total. The van der Waals surface area contributed by atoms with E-state index in [-0.39, 0.29) is 22.5 Å². The second-order valence-electron chi connectivity index (χ2n) is 5.87. The van der Waals surface area contributed by atoms with Crippen LogP contribution in [0.2, 0.25) is 0 Å². The highest BCUT2D eigenvalue weighted by Gasteiger charge is 2.19. The minimum Gasteiger partial charge on any atom is -0.422 e. The van der Waals surface area contributed by atoms with Crippen molar-refractivity contribution in [2.45, 2.75) is 6.92 Å². The minimum atomic E-state index is -0.935. The number of anilines is 2. The van der Waals surface area contributed by atoms with Crippen LogP contribution in [0, 0.1) is 18.6 Å². The largest absolute Gasteiger partial charge is 0.422 e. The Morgan fingerprint density at radius 3 is 2.57 bits per heavy atom. The second kappa shape index (κ2) is 7.43. The highest BCUT2D eigenvalue weighted by Crippen LogP contribution is 2.23. The molecule has 0 radical (unpaired) electrons. The van der Waals surface area contributed by atoms with Crippen molar-refractivity contribution < 1.29 is 22.8 Å². The molecule has 0 bridgehead atoms. The summed E-state index contributed by atoms with van der Waals surface area (Å²) < 4.78 is 32.2.